The third-order valence-electron chi connectivity index (χ3n) is 3.49. The van der Waals surface area contributed by atoms with Gasteiger partial charge in [0.2, 0.25) is 0 Å². The Labute approximate surface area is 118 Å². The van der Waals surface area contributed by atoms with E-state index in [-0.39, 0.29) is 17.7 Å². The van der Waals surface area contributed by atoms with Crippen LogP contribution >= 0.6 is 0 Å². The van der Waals surface area contributed by atoms with Gasteiger partial charge in [-0.25, -0.2) is 8.78 Å². The highest BCUT2D eigenvalue weighted by Gasteiger charge is 2.17. The fraction of sp³-hybridized carbons (Fsp3) is 0.294. The molecular formula is C17H19F2N. The van der Waals surface area contributed by atoms with E-state index in [9.17, 15) is 8.78 Å². The monoisotopic (exact) mass is 275 g/mol. The van der Waals surface area contributed by atoms with E-state index in [1.807, 2.05) is 19.9 Å². The van der Waals surface area contributed by atoms with Gasteiger partial charge < -0.3 is 5.32 Å². The first-order valence-corrected chi connectivity index (χ1v) is 6.78. The van der Waals surface area contributed by atoms with Crippen molar-refractivity contribution in [3.05, 3.63) is 70.3 Å². The van der Waals surface area contributed by atoms with Crippen molar-refractivity contribution in [1.29, 1.82) is 0 Å². The van der Waals surface area contributed by atoms with Crippen molar-refractivity contribution in [1.82, 2.24) is 5.32 Å². The van der Waals surface area contributed by atoms with Crippen LogP contribution in [-0.4, -0.2) is 6.54 Å². The summed E-state index contributed by atoms with van der Waals surface area (Å²) < 4.78 is 27.3. The van der Waals surface area contributed by atoms with Crippen LogP contribution < -0.4 is 5.32 Å². The molecule has 2 aromatic rings. The van der Waals surface area contributed by atoms with Crippen LogP contribution in [-0.2, 0) is 0 Å². The van der Waals surface area contributed by atoms with E-state index in [0.717, 1.165) is 23.2 Å². The molecule has 3 heteroatoms. The third-order valence-corrected chi connectivity index (χ3v) is 3.49. The molecule has 0 saturated carbocycles. The summed E-state index contributed by atoms with van der Waals surface area (Å²) >= 11 is 0. The van der Waals surface area contributed by atoms with E-state index >= 15 is 0 Å². The average Bonchev–Trinajstić information content (AvgIpc) is 2.42. The van der Waals surface area contributed by atoms with E-state index in [0.29, 0.717) is 5.56 Å². The highest BCUT2D eigenvalue weighted by atomic mass is 19.1. The van der Waals surface area contributed by atoms with Gasteiger partial charge in [-0.1, -0.05) is 25.1 Å². The predicted octanol–water partition coefficient (Wildman–Crippen LogP) is 4.28. The molecule has 0 aliphatic carbocycles. The standard InChI is InChI=1S/C17H19F2N/c1-4-20-17(13-7-5-12(3)16(19)9-13)15-10-14(18)8-6-11(15)2/h5-10,17,20H,4H2,1-3H3. The Morgan fingerprint density at radius 1 is 1.00 bits per heavy atom. The molecule has 0 aliphatic rings. The fourth-order valence-electron chi connectivity index (χ4n) is 2.32. The van der Waals surface area contributed by atoms with E-state index in [4.69, 9.17) is 0 Å². The normalized spacial score (nSPS) is 12.4. The van der Waals surface area contributed by atoms with Gasteiger partial charge in [-0.05, 0) is 60.8 Å². The summed E-state index contributed by atoms with van der Waals surface area (Å²) in [5.74, 6) is -0.513. The molecule has 0 fully saturated rings. The highest BCUT2D eigenvalue weighted by molar-refractivity contribution is 5.38. The quantitative estimate of drug-likeness (QED) is 0.878. The number of aryl methyl sites for hydroxylation is 2. The zero-order valence-corrected chi connectivity index (χ0v) is 12.0. The molecule has 2 rings (SSSR count). The van der Waals surface area contributed by atoms with Crippen LogP contribution in [0.3, 0.4) is 0 Å². The van der Waals surface area contributed by atoms with E-state index in [1.165, 1.54) is 18.2 Å². The molecule has 0 amide bonds. The number of nitrogens with one attached hydrogen (secondary N) is 1. The molecular weight excluding hydrogens is 256 g/mol. The number of hydrogen-bond donors (Lipinski definition) is 1. The molecule has 0 spiro atoms. The van der Waals surface area contributed by atoms with Crippen molar-refractivity contribution >= 4 is 0 Å². The molecule has 1 nitrogen and oxygen atoms in total. The van der Waals surface area contributed by atoms with Gasteiger partial charge in [-0.3, -0.25) is 0 Å². The van der Waals surface area contributed by atoms with Gasteiger partial charge >= 0.3 is 0 Å². The van der Waals surface area contributed by atoms with Gasteiger partial charge in [-0.2, -0.15) is 0 Å². The number of hydrogen-bond acceptors (Lipinski definition) is 1. The maximum Gasteiger partial charge on any atom is 0.126 e. The molecule has 0 bridgehead atoms. The Kier molecular flexibility index (Phi) is 4.50. The highest BCUT2D eigenvalue weighted by Crippen LogP contribution is 2.26. The Balaban J connectivity index is 2.49. The lowest BCUT2D eigenvalue weighted by molar-refractivity contribution is 0.587. The van der Waals surface area contributed by atoms with Crippen molar-refractivity contribution in [2.45, 2.75) is 26.8 Å². The summed E-state index contributed by atoms with van der Waals surface area (Å²) in [5, 5.41) is 3.30. The second-order valence-electron chi connectivity index (χ2n) is 5.00. The minimum atomic E-state index is -0.277. The molecule has 0 heterocycles. The number of halogens is 2. The largest absolute Gasteiger partial charge is 0.307 e. The lowest BCUT2D eigenvalue weighted by atomic mass is 9.94. The Bertz CT molecular complexity index is 608. The van der Waals surface area contributed by atoms with Crippen molar-refractivity contribution in [2.24, 2.45) is 0 Å². The van der Waals surface area contributed by atoms with Crippen LogP contribution in [0.5, 0.6) is 0 Å². The average molecular weight is 275 g/mol. The zero-order valence-electron chi connectivity index (χ0n) is 12.0. The van der Waals surface area contributed by atoms with Crippen LogP contribution in [0.25, 0.3) is 0 Å². The molecule has 1 N–H and O–H groups in total. The summed E-state index contributed by atoms with van der Waals surface area (Å²) in [5.41, 5.74) is 3.25. The van der Waals surface area contributed by atoms with Crippen LogP contribution in [0.1, 0.15) is 35.2 Å². The lowest BCUT2D eigenvalue weighted by Crippen LogP contribution is -2.23. The van der Waals surface area contributed by atoms with Crippen molar-refractivity contribution in [2.75, 3.05) is 6.54 Å². The van der Waals surface area contributed by atoms with Crippen LogP contribution in [0.15, 0.2) is 36.4 Å². The molecule has 0 radical (unpaired) electrons. The van der Waals surface area contributed by atoms with E-state index in [2.05, 4.69) is 5.32 Å². The van der Waals surface area contributed by atoms with Crippen molar-refractivity contribution < 1.29 is 8.78 Å². The SMILES string of the molecule is CCNC(c1ccc(C)c(F)c1)c1cc(F)ccc1C. The van der Waals surface area contributed by atoms with Gasteiger partial charge in [0.1, 0.15) is 11.6 Å². The Morgan fingerprint density at radius 3 is 2.35 bits per heavy atom. The first-order valence-electron chi connectivity index (χ1n) is 6.78. The summed E-state index contributed by atoms with van der Waals surface area (Å²) in [6.07, 6.45) is 0. The maximum absolute atomic E-state index is 13.8. The van der Waals surface area contributed by atoms with Crippen molar-refractivity contribution in [3.8, 4) is 0 Å². The minimum absolute atomic E-state index is 0.203. The second kappa shape index (κ2) is 6.14. The smallest absolute Gasteiger partial charge is 0.126 e. The van der Waals surface area contributed by atoms with Crippen LogP contribution in [0.4, 0.5) is 8.78 Å². The molecule has 0 saturated heterocycles. The molecule has 106 valence electrons. The van der Waals surface area contributed by atoms with Gasteiger partial charge in [0, 0.05) is 0 Å². The topological polar surface area (TPSA) is 12.0 Å². The van der Waals surface area contributed by atoms with E-state index in [1.54, 1.807) is 19.1 Å². The molecule has 20 heavy (non-hydrogen) atoms. The minimum Gasteiger partial charge on any atom is -0.307 e. The predicted molar refractivity (Wildman–Crippen MR) is 77.8 cm³/mol. The molecule has 0 aliphatic heterocycles. The molecule has 0 aromatic heterocycles. The molecule has 2 aromatic carbocycles. The maximum atomic E-state index is 13.8. The third kappa shape index (κ3) is 3.05. The second-order valence-corrected chi connectivity index (χ2v) is 5.00. The van der Waals surface area contributed by atoms with Crippen LogP contribution in [0, 0.1) is 25.5 Å². The van der Waals surface area contributed by atoms with Gasteiger partial charge in [0.05, 0.1) is 6.04 Å². The van der Waals surface area contributed by atoms with Crippen molar-refractivity contribution in [3.63, 3.8) is 0 Å². The van der Waals surface area contributed by atoms with E-state index < -0.39 is 0 Å². The van der Waals surface area contributed by atoms with Gasteiger partial charge in [0.25, 0.3) is 0 Å². The zero-order chi connectivity index (χ0) is 14.7. The molecule has 1 unspecified atom stereocenters. The first kappa shape index (κ1) is 14.7. The van der Waals surface area contributed by atoms with Crippen LogP contribution in [0.2, 0.25) is 0 Å². The Morgan fingerprint density at radius 2 is 1.70 bits per heavy atom. The summed E-state index contributed by atoms with van der Waals surface area (Å²) in [6, 6.07) is 9.66. The number of benzene rings is 2. The lowest BCUT2D eigenvalue weighted by Gasteiger charge is -2.21. The summed E-state index contributed by atoms with van der Waals surface area (Å²) in [7, 11) is 0. The van der Waals surface area contributed by atoms with Gasteiger partial charge in [-0.15, -0.1) is 0 Å². The first-order chi connectivity index (χ1) is 9.52. The number of rotatable bonds is 4. The molecule has 1 atom stereocenters. The van der Waals surface area contributed by atoms with Gasteiger partial charge in [0.15, 0.2) is 0 Å². The fourth-order valence-corrected chi connectivity index (χ4v) is 2.32. The summed E-state index contributed by atoms with van der Waals surface area (Å²) in [6.45, 7) is 6.36. The summed E-state index contributed by atoms with van der Waals surface area (Å²) in [4.78, 5) is 0. The Hall–Kier alpha value is -1.74.